The minimum absolute atomic E-state index is 0.486. The van der Waals surface area contributed by atoms with Crippen molar-refractivity contribution >= 4 is 61.2 Å². The average molecular weight is 415 g/mol. The van der Waals surface area contributed by atoms with Gasteiger partial charge in [-0.3, -0.25) is 0 Å². The van der Waals surface area contributed by atoms with Crippen LogP contribution in [0.2, 0.25) is 0 Å². The summed E-state index contributed by atoms with van der Waals surface area (Å²) in [6.45, 7) is 2.04. The lowest BCUT2D eigenvalue weighted by atomic mass is 10.2. The highest BCUT2D eigenvalue weighted by molar-refractivity contribution is 14.1. The molecule has 0 fully saturated rings. The largest absolute Gasteiger partial charge is 0.383 e. The Hall–Kier alpha value is 0.570. The van der Waals surface area contributed by atoms with Crippen molar-refractivity contribution in [2.45, 2.75) is 13.0 Å². The van der Waals surface area contributed by atoms with E-state index in [2.05, 4.69) is 38.5 Å². The van der Waals surface area contributed by atoms with E-state index in [-0.39, 0.29) is 0 Å². The Morgan fingerprint density at radius 1 is 1.47 bits per heavy atom. The van der Waals surface area contributed by atoms with Crippen LogP contribution < -0.4 is 0 Å². The van der Waals surface area contributed by atoms with Gasteiger partial charge >= 0.3 is 0 Å². The van der Waals surface area contributed by atoms with Crippen LogP contribution in [0.1, 0.15) is 21.4 Å². The lowest BCUT2D eigenvalue weighted by Crippen LogP contribution is -1.93. The van der Waals surface area contributed by atoms with E-state index >= 15 is 0 Å². The minimum atomic E-state index is -0.486. The molecule has 0 aromatic carbocycles. The van der Waals surface area contributed by atoms with Crippen molar-refractivity contribution in [2.24, 2.45) is 0 Å². The topological polar surface area (TPSA) is 20.2 Å². The standard InChI is InChI=1S/C10H8BrIOS2/c1-5-7(11)3-8(15-5)10(13)6-2-9(12)14-4-6/h2-4,10,13H,1H3. The minimum Gasteiger partial charge on any atom is -0.383 e. The average Bonchev–Trinajstić information content (AvgIpc) is 2.74. The van der Waals surface area contributed by atoms with E-state index in [1.54, 1.807) is 22.7 Å². The molecule has 80 valence electrons. The van der Waals surface area contributed by atoms with Crippen LogP contribution in [0.5, 0.6) is 0 Å². The molecule has 0 aliphatic carbocycles. The van der Waals surface area contributed by atoms with Crippen molar-refractivity contribution in [1.82, 2.24) is 0 Å². The first-order chi connectivity index (χ1) is 7.08. The predicted octanol–water partition coefficient (Wildman–Crippen LogP) is 4.57. The molecule has 0 aliphatic heterocycles. The molecule has 1 atom stereocenters. The molecule has 2 aromatic rings. The number of halogens is 2. The van der Waals surface area contributed by atoms with Crippen molar-refractivity contribution in [3.05, 3.63) is 40.2 Å². The van der Waals surface area contributed by atoms with Gasteiger partial charge in [-0.1, -0.05) is 0 Å². The molecule has 0 aliphatic rings. The van der Waals surface area contributed by atoms with Crippen LogP contribution in [0.15, 0.2) is 22.0 Å². The van der Waals surface area contributed by atoms with Crippen LogP contribution in [-0.4, -0.2) is 5.11 Å². The molecule has 0 saturated heterocycles. The summed E-state index contributed by atoms with van der Waals surface area (Å²) in [6.07, 6.45) is -0.486. The molecule has 0 amide bonds. The van der Waals surface area contributed by atoms with E-state index in [1.165, 1.54) is 7.76 Å². The summed E-state index contributed by atoms with van der Waals surface area (Å²) < 4.78 is 2.28. The molecule has 2 aromatic heterocycles. The van der Waals surface area contributed by atoms with E-state index in [0.717, 1.165) is 14.9 Å². The van der Waals surface area contributed by atoms with Crippen LogP contribution in [0.25, 0.3) is 0 Å². The second kappa shape index (κ2) is 4.83. The van der Waals surface area contributed by atoms with Crippen LogP contribution >= 0.6 is 61.2 Å². The Labute approximate surface area is 118 Å². The fourth-order valence-corrected chi connectivity index (χ4v) is 4.21. The van der Waals surface area contributed by atoms with E-state index in [4.69, 9.17) is 0 Å². The first-order valence-corrected chi connectivity index (χ1v) is 7.82. The summed E-state index contributed by atoms with van der Waals surface area (Å²) in [5.41, 5.74) is 0.984. The van der Waals surface area contributed by atoms with Gasteiger partial charge in [-0.05, 0) is 68.5 Å². The van der Waals surface area contributed by atoms with Gasteiger partial charge in [-0.25, -0.2) is 0 Å². The van der Waals surface area contributed by atoms with Crippen LogP contribution in [0, 0.1) is 9.81 Å². The van der Waals surface area contributed by atoms with Crippen molar-refractivity contribution in [2.75, 3.05) is 0 Å². The van der Waals surface area contributed by atoms with Gasteiger partial charge in [-0.2, -0.15) is 0 Å². The second-order valence-corrected chi connectivity index (χ2v) is 8.09. The molecule has 15 heavy (non-hydrogen) atoms. The zero-order valence-corrected chi connectivity index (χ0v) is 13.2. The highest BCUT2D eigenvalue weighted by Gasteiger charge is 2.15. The number of thiophene rings is 2. The Bertz CT molecular complexity index is 458. The smallest absolute Gasteiger partial charge is 0.114 e. The number of hydrogen-bond acceptors (Lipinski definition) is 3. The van der Waals surface area contributed by atoms with Crippen molar-refractivity contribution in [1.29, 1.82) is 0 Å². The molecule has 5 heteroatoms. The van der Waals surface area contributed by atoms with Crippen LogP contribution in [0.3, 0.4) is 0 Å². The zero-order chi connectivity index (χ0) is 11.0. The van der Waals surface area contributed by atoms with Crippen molar-refractivity contribution in [3.63, 3.8) is 0 Å². The monoisotopic (exact) mass is 414 g/mol. The Morgan fingerprint density at radius 2 is 2.20 bits per heavy atom. The van der Waals surface area contributed by atoms with Gasteiger partial charge in [0.25, 0.3) is 0 Å². The molecule has 1 N–H and O–H groups in total. The van der Waals surface area contributed by atoms with Gasteiger partial charge in [0.05, 0.1) is 2.88 Å². The molecular formula is C10H8BrIOS2. The number of aliphatic hydroxyl groups is 1. The first kappa shape index (κ1) is 12.0. The molecule has 1 nitrogen and oxygen atoms in total. The van der Waals surface area contributed by atoms with E-state index in [0.29, 0.717) is 0 Å². The van der Waals surface area contributed by atoms with E-state index in [9.17, 15) is 5.11 Å². The summed E-state index contributed by atoms with van der Waals surface area (Å²) in [7, 11) is 0. The van der Waals surface area contributed by atoms with Gasteiger partial charge in [0.15, 0.2) is 0 Å². The molecule has 0 saturated carbocycles. The molecule has 0 radical (unpaired) electrons. The maximum Gasteiger partial charge on any atom is 0.114 e. The van der Waals surface area contributed by atoms with Gasteiger partial charge < -0.3 is 5.11 Å². The quantitative estimate of drug-likeness (QED) is 0.713. The molecule has 0 spiro atoms. The first-order valence-electron chi connectivity index (χ1n) is 4.25. The second-order valence-electron chi connectivity index (χ2n) is 3.14. The van der Waals surface area contributed by atoms with E-state index < -0.39 is 6.10 Å². The molecular weight excluding hydrogens is 407 g/mol. The Kier molecular flexibility index (Phi) is 3.88. The Morgan fingerprint density at radius 3 is 2.67 bits per heavy atom. The third-order valence-corrected chi connectivity index (χ3v) is 6.05. The highest BCUT2D eigenvalue weighted by Crippen LogP contribution is 2.35. The van der Waals surface area contributed by atoms with Gasteiger partial charge in [0.1, 0.15) is 6.10 Å². The summed E-state index contributed by atoms with van der Waals surface area (Å²) in [4.78, 5) is 2.20. The fraction of sp³-hybridized carbons (Fsp3) is 0.200. The van der Waals surface area contributed by atoms with Gasteiger partial charge in [-0.15, -0.1) is 22.7 Å². The molecule has 2 rings (SSSR count). The summed E-state index contributed by atoms with van der Waals surface area (Å²) in [5, 5.41) is 12.1. The normalized spacial score (nSPS) is 13.1. The van der Waals surface area contributed by atoms with Crippen LogP contribution in [0.4, 0.5) is 0 Å². The molecule has 2 heterocycles. The highest BCUT2D eigenvalue weighted by atomic mass is 127. The predicted molar refractivity (Wildman–Crippen MR) is 77.9 cm³/mol. The lowest BCUT2D eigenvalue weighted by molar-refractivity contribution is 0.224. The summed E-state index contributed by atoms with van der Waals surface area (Å²) in [6, 6.07) is 4.02. The van der Waals surface area contributed by atoms with E-state index in [1.807, 2.05) is 24.4 Å². The van der Waals surface area contributed by atoms with Crippen molar-refractivity contribution < 1.29 is 5.11 Å². The van der Waals surface area contributed by atoms with Gasteiger partial charge in [0, 0.05) is 14.2 Å². The van der Waals surface area contributed by atoms with Crippen LogP contribution in [-0.2, 0) is 0 Å². The third kappa shape index (κ3) is 2.63. The third-order valence-electron chi connectivity index (χ3n) is 2.05. The SMILES string of the molecule is Cc1sc(C(O)c2csc(I)c2)cc1Br. The Balaban J connectivity index is 2.31. The molecule has 0 bridgehead atoms. The summed E-state index contributed by atoms with van der Waals surface area (Å²) >= 11 is 9.02. The number of aliphatic hydroxyl groups excluding tert-OH is 1. The molecule has 1 unspecified atom stereocenters. The summed E-state index contributed by atoms with van der Waals surface area (Å²) in [5.74, 6) is 0. The maximum atomic E-state index is 10.1. The number of aryl methyl sites for hydroxylation is 1. The lowest BCUT2D eigenvalue weighted by Gasteiger charge is -2.04. The maximum absolute atomic E-state index is 10.1. The van der Waals surface area contributed by atoms with Gasteiger partial charge in [0.2, 0.25) is 0 Å². The zero-order valence-electron chi connectivity index (χ0n) is 7.83. The fourth-order valence-electron chi connectivity index (χ4n) is 1.25. The number of hydrogen-bond donors (Lipinski definition) is 1. The number of rotatable bonds is 2. The van der Waals surface area contributed by atoms with Crippen molar-refractivity contribution in [3.8, 4) is 0 Å².